The van der Waals surface area contributed by atoms with Crippen molar-refractivity contribution in [3.05, 3.63) is 36.0 Å². The molecule has 176 valence electrons. The minimum absolute atomic E-state index is 0.0186. The predicted molar refractivity (Wildman–Crippen MR) is 121 cm³/mol. The molecule has 12 heteroatoms. The Morgan fingerprint density at radius 3 is 2.58 bits per heavy atom. The van der Waals surface area contributed by atoms with E-state index in [1.165, 1.54) is 6.07 Å². The third kappa shape index (κ3) is 4.90. The number of carbonyl (C=O) groups excluding carboxylic acids is 1. The van der Waals surface area contributed by atoms with Gasteiger partial charge in [-0.2, -0.15) is 0 Å². The molecule has 4 rings (SSSR count). The number of sulfone groups is 1. The summed E-state index contributed by atoms with van der Waals surface area (Å²) >= 11 is 0. The quantitative estimate of drug-likeness (QED) is 0.594. The molecule has 0 radical (unpaired) electrons. The van der Waals surface area contributed by atoms with Crippen LogP contribution >= 0.6 is 0 Å². The molecule has 1 fully saturated rings. The first-order valence-electron chi connectivity index (χ1n) is 10.7. The van der Waals surface area contributed by atoms with Crippen LogP contribution in [0.2, 0.25) is 0 Å². The normalized spacial score (nSPS) is 15.2. The number of piperidine rings is 1. The standard InChI is InChI=1S/C21H27N7O4S/c1-13(2)32-21(29)27-10-7-15(8-11-27)19-25-26-20-18(22-9-12-28(19)20)24-16-5-6-17(23-14(16)3)33(4,30)31/h5-6,9,12-13,15H,7-8,10-11H2,1-4H3,(H,22,24). The highest BCUT2D eigenvalue weighted by Gasteiger charge is 2.28. The smallest absolute Gasteiger partial charge is 0.410 e. The Balaban J connectivity index is 1.53. The maximum Gasteiger partial charge on any atom is 0.410 e. The van der Waals surface area contributed by atoms with Crippen LogP contribution < -0.4 is 5.32 Å². The van der Waals surface area contributed by atoms with Crippen molar-refractivity contribution in [2.45, 2.75) is 50.7 Å². The summed E-state index contributed by atoms with van der Waals surface area (Å²) < 4.78 is 30.7. The first-order valence-corrected chi connectivity index (χ1v) is 12.6. The fraction of sp³-hybridized carbons (Fsp3) is 0.476. The molecule has 0 aromatic carbocycles. The number of hydrogen-bond acceptors (Lipinski definition) is 9. The molecule has 1 amide bonds. The second-order valence-electron chi connectivity index (χ2n) is 8.40. The lowest BCUT2D eigenvalue weighted by Gasteiger charge is -2.31. The van der Waals surface area contributed by atoms with Gasteiger partial charge >= 0.3 is 6.09 Å². The van der Waals surface area contributed by atoms with Crippen LogP contribution in [0.5, 0.6) is 0 Å². The number of pyridine rings is 1. The van der Waals surface area contributed by atoms with E-state index in [2.05, 4.69) is 25.5 Å². The number of fused-ring (bicyclic) bond motifs is 1. The zero-order chi connectivity index (χ0) is 23.8. The molecular weight excluding hydrogens is 446 g/mol. The number of ether oxygens (including phenoxy) is 1. The Hall–Kier alpha value is -3.28. The summed E-state index contributed by atoms with van der Waals surface area (Å²) in [6.07, 6.45) is 5.69. The van der Waals surface area contributed by atoms with Crippen LogP contribution in [0.3, 0.4) is 0 Å². The Labute approximate surface area is 192 Å². The van der Waals surface area contributed by atoms with Crippen molar-refractivity contribution < 1.29 is 17.9 Å². The Kier molecular flexibility index (Phi) is 6.19. The number of rotatable bonds is 5. The first kappa shape index (κ1) is 22.9. The molecule has 1 saturated heterocycles. The van der Waals surface area contributed by atoms with Crippen molar-refractivity contribution in [2.75, 3.05) is 24.7 Å². The maximum absolute atomic E-state index is 12.2. The van der Waals surface area contributed by atoms with Gasteiger partial charge in [0.25, 0.3) is 0 Å². The fourth-order valence-electron chi connectivity index (χ4n) is 3.81. The van der Waals surface area contributed by atoms with E-state index in [0.29, 0.717) is 35.9 Å². The van der Waals surface area contributed by atoms with Crippen LogP contribution in [0.15, 0.2) is 29.6 Å². The van der Waals surface area contributed by atoms with Crippen LogP contribution in [-0.2, 0) is 14.6 Å². The summed E-state index contributed by atoms with van der Waals surface area (Å²) in [6.45, 7) is 6.59. The highest BCUT2D eigenvalue weighted by Crippen LogP contribution is 2.29. The molecule has 3 aromatic rings. The van der Waals surface area contributed by atoms with Gasteiger partial charge in [-0.15, -0.1) is 10.2 Å². The molecule has 0 aliphatic carbocycles. The number of likely N-dealkylation sites (tertiary alicyclic amines) is 1. The van der Waals surface area contributed by atoms with Crippen molar-refractivity contribution in [2.24, 2.45) is 0 Å². The van der Waals surface area contributed by atoms with E-state index in [1.54, 1.807) is 24.1 Å². The van der Waals surface area contributed by atoms with E-state index in [9.17, 15) is 13.2 Å². The molecule has 11 nitrogen and oxygen atoms in total. The number of nitrogens with zero attached hydrogens (tertiary/aromatic N) is 6. The molecular formula is C21H27N7O4S. The molecule has 0 bridgehead atoms. The Bertz CT molecular complexity index is 1280. The minimum atomic E-state index is -3.39. The van der Waals surface area contributed by atoms with Crippen molar-refractivity contribution in [3.63, 3.8) is 0 Å². The van der Waals surface area contributed by atoms with Gasteiger partial charge in [0.15, 0.2) is 20.7 Å². The van der Waals surface area contributed by atoms with E-state index in [4.69, 9.17) is 4.74 Å². The van der Waals surface area contributed by atoms with E-state index >= 15 is 0 Å². The third-order valence-corrected chi connectivity index (χ3v) is 6.49. The molecule has 3 aromatic heterocycles. The van der Waals surface area contributed by atoms with E-state index in [0.717, 1.165) is 24.9 Å². The molecule has 1 aliphatic rings. The van der Waals surface area contributed by atoms with Crippen molar-refractivity contribution >= 4 is 33.1 Å². The monoisotopic (exact) mass is 473 g/mol. The number of aryl methyl sites for hydroxylation is 1. The summed E-state index contributed by atoms with van der Waals surface area (Å²) in [7, 11) is -3.39. The highest BCUT2D eigenvalue weighted by atomic mass is 32.2. The van der Waals surface area contributed by atoms with E-state index in [1.807, 2.05) is 24.4 Å². The zero-order valence-electron chi connectivity index (χ0n) is 19.0. The number of nitrogens with one attached hydrogen (secondary N) is 1. The van der Waals surface area contributed by atoms with Gasteiger partial charge in [0.2, 0.25) is 5.65 Å². The van der Waals surface area contributed by atoms with E-state index < -0.39 is 9.84 Å². The molecule has 4 heterocycles. The summed E-state index contributed by atoms with van der Waals surface area (Å²) in [6, 6.07) is 3.12. The molecule has 1 N–H and O–H groups in total. The first-order chi connectivity index (χ1) is 15.6. The van der Waals surface area contributed by atoms with Crippen molar-refractivity contribution in [1.29, 1.82) is 0 Å². The summed E-state index contributed by atoms with van der Waals surface area (Å²) in [5.41, 5.74) is 1.72. The zero-order valence-corrected chi connectivity index (χ0v) is 19.8. The average Bonchev–Trinajstić information content (AvgIpc) is 3.19. The van der Waals surface area contributed by atoms with Crippen LogP contribution in [0.1, 0.15) is 44.1 Å². The summed E-state index contributed by atoms with van der Waals surface area (Å²) in [4.78, 5) is 22.4. The molecule has 0 atom stereocenters. The van der Waals surface area contributed by atoms with Gasteiger partial charge in [0, 0.05) is 37.7 Å². The van der Waals surface area contributed by atoms with Crippen molar-refractivity contribution in [3.8, 4) is 0 Å². The van der Waals surface area contributed by atoms with Crippen LogP contribution in [-0.4, -0.2) is 69.4 Å². The van der Waals surface area contributed by atoms with Gasteiger partial charge in [0.05, 0.1) is 17.5 Å². The largest absolute Gasteiger partial charge is 0.447 e. The van der Waals surface area contributed by atoms with Crippen LogP contribution in [0, 0.1) is 6.92 Å². The van der Waals surface area contributed by atoms with Crippen molar-refractivity contribution in [1.82, 2.24) is 29.5 Å². The van der Waals surface area contributed by atoms with Gasteiger partial charge in [-0.1, -0.05) is 0 Å². The van der Waals surface area contributed by atoms with Gasteiger partial charge in [-0.05, 0) is 45.7 Å². The number of amides is 1. The molecule has 0 saturated carbocycles. The number of aromatic nitrogens is 5. The molecule has 0 unspecified atom stereocenters. The number of anilines is 2. The van der Waals surface area contributed by atoms with Gasteiger partial charge < -0.3 is 15.0 Å². The Morgan fingerprint density at radius 1 is 1.21 bits per heavy atom. The number of hydrogen-bond donors (Lipinski definition) is 1. The minimum Gasteiger partial charge on any atom is -0.447 e. The summed E-state index contributed by atoms with van der Waals surface area (Å²) in [5.74, 6) is 1.46. The van der Waals surface area contributed by atoms with Crippen LogP contribution in [0.25, 0.3) is 5.65 Å². The predicted octanol–water partition coefficient (Wildman–Crippen LogP) is 2.70. The number of carbonyl (C=O) groups is 1. The molecule has 1 aliphatic heterocycles. The lowest BCUT2D eigenvalue weighted by Crippen LogP contribution is -2.39. The van der Waals surface area contributed by atoms with Gasteiger partial charge in [-0.3, -0.25) is 4.40 Å². The lowest BCUT2D eigenvalue weighted by atomic mass is 9.96. The molecule has 0 spiro atoms. The van der Waals surface area contributed by atoms with Gasteiger partial charge in [0.1, 0.15) is 5.82 Å². The summed E-state index contributed by atoms with van der Waals surface area (Å²) in [5, 5.41) is 12.0. The second-order valence-corrected chi connectivity index (χ2v) is 10.4. The van der Waals surface area contributed by atoms with E-state index in [-0.39, 0.29) is 23.1 Å². The average molecular weight is 474 g/mol. The SMILES string of the molecule is Cc1nc(S(C)(=O)=O)ccc1Nc1nccn2c(C3CCN(C(=O)OC(C)C)CC3)nnc12. The molecule has 33 heavy (non-hydrogen) atoms. The highest BCUT2D eigenvalue weighted by molar-refractivity contribution is 7.90. The maximum atomic E-state index is 12.2. The third-order valence-electron chi connectivity index (χ3n) is 5.50. The fourth-order valence-corrected chi connectivity index (χ4v) is 4.43. The topological polar surface area (TPSA) is 132 Å². The second kappa shape index (κ2) is 8.93. The lowest BCUT2D eigenvalue weighted by molar-refractivity contribution is 0.0688. The van der Waals surface area contributed by atoms with Crippen LogP contribution in [0.4, 0.5) is 16.3 Å². The Morgan fingerprint density at radius 2 is 1.94 bits per heavy atom. The van der Waals surface area contributed by atoms with Gasteiger partial charge in [-0.25, -0.2) is 23.2 Å².